The summed E-state index contributed by atoms with van der Waals surface area (Å²) in [4.78, 5) is 21.8. The van der Waals surface area contributed by atoms with Gasteiger partial charge in [-0.05, 0) is 31.9 Å². The molecule has 2 unspecified atom stereocenters. The topological polar surface area (TPSA) is 159 Å². The van der Waals surface area contributed by atoms with Crippen molar-refractivity contribution in [2.24, 2.45) is 0 Å². The molecule has 10 nitrogen and oxygen atoms in total. The average molecular weight is 382 g/mol. The van der Waals surface area contributed by atoms with Crippen LogP contribution in [0.15, 0.2) is 24.3 Å². The average Bonchev–Trinajstić information content (AvgIpc) is 3.03. The zero-order chi connectivity index (χ0) is 19.8. The van der Waals surface area contributed by atoms with Crippen LogP contribution in [-0.2, 0) is 0 Å². The van der Waals surface area contributed by atoms with Gasteiger partial charge in [0.25, 0.3) is 0 Å². The van der Waals surface area contributed by atoms with E-state index >= 15 is 0 Å². The fourth-order valence-corrected chi connectivity index (χ4v) is 3.67. The predicted octanol–water partition coefficient (Wildman–Crippen LogP) is 1.81. The van der Waals surface area contributed by atoms with Crippen LogP contribution in [-0.4, -0.2) is 50.0 Å². The Morgan fingerprint density at radius 1 is 1.29 bits per heavy atom. The second-order valence-corrected chi connectivity index (χ2v) is 7.06. The van der Waals surface area contributed by atoms with Crippen molar-refractivity contribution in [3.63, 3.8) is 0 Å². The number of nitrogens with one attached hydrogen (secondary N) is 2. The number of anilines is 3. The van der Waals surface area contributed by atoms with Gasteiger partial charge in [0.1, 0.15) is 5.82 Å². The van der Waals surface area contributed by atoms with Crippen molar-refractivity contribution in [1.82, 2.24) is 25.5 Å². The van der Waals surface area contributed by atoms with E-state index in [0.717, 1.165) is 29.3 Å². The lowest BCUT2D eigenvalue weighted by molar-refractivity contribution is 0.187. The number of benzene rings is 1. The maximum absolute atomic E-state index is 11.0. The normalized spacial score (nSPS) is 19.7. The minimum Gasteiger partial charge on any atom is -0.465 e. The molecule has 0 radical (unpaired) electrons. The second-order valence-electron chi connectivity index (χ2n) is 7.06. The highest BCUT2D eigenvalue weighted by atomic mass is 16.4. The van der Waals surface area contributed by atoms with E-state index in [-0.39, 0.29) is 18.0 Å². The van der Waals surface area contributed by atoms with Gasteiger partial charge in [0.2, 0.25) is 5.95 Å². The highest BCUT2D eigenvalue weighted by Gasteiger charge is 2.28. The third-order valence-electron chi connectivity index (χ3n) is 5.12. The Morgan fingerprint density at radius 2 is 2.11 bits per heavy atom. The van der Waals surface area contributed by atoms with Gasteiger partial charge in [0.15, 0.2) is 5.82 Å². The Balaban J connectivity index is 1.68. The van der Waals surface area contributed by atoms with Crippen LogP contribution >= 0.6 is 0 Å². The molecular formula is C18H22N8O2. The molecule has 0 bridgehead atoms. The molecule has 1 aliphatic rings. The zero-order valence-electron chi connectivity index (χ0n) is 15.4. The largest absolute Gasteiger partial charge is 0.465 e. The van der Waals surface area contributed by atoms with Crippen LogP contribution in [0.2, 0.25) is 0 Å². The van der Waals surface area contributed by atoms with Crippen molar-refractivity contribution < 1.29 is 9.90 Å². The minimum absolute atomic E-state index is 0.155. The number of hydrogen-bond acceptors (Lipinski definition) is 7. The monoisotopic (exact) mass is 382 g/mol. The first kappa shape index (κ1) is 17.8. The molecule has 4 rings (SSSR count). The van der Waals surface area contributed by atoms with Gasteiger partial charge in [0.05, 0.1) is 11.2 Å². The fourth-order valence-electron chi connectivity index (χ4n) is 3.67. The summed E-state index contributed by atoms with van der Waals surface area (Å²) in [7, 11) is 0. The van der Waals surface area contributed by atoms with Gasteiger partial charge in [-0.2, -0.15) is 10.1 Å². The van der Waals surface area contributed by atoms with Crippen molar-refractivity contribution in [2.75, 3.05) is 22.9 Å². The van der Waals surface area contributed by atoms with Crippen molar-refractivity contribution in [1.29, 1.82) is 0 Å². The first-order valence-corrected chi connectivity index (χ1v) is 9.05. The highest BCUT2D eigenvalue weighted by molar-refractivity contribution is 5.91. The Kier molecular flexibility index (Phi) is 4.38. The first-order chi connectivity index (χ1) is 13.4. The molecule has 3 aromatic rings. The number of piperidine rings is 1. The van der Waals surface area contributed by atoms with E-state index in [1.807, 2.05) is 24.3 Å². The van der Waals surface area contributed by atoms with Gasteiger partial charge in [-0.3, -0.25) is 5.10 Å². The Morgan fingerprint density at radius 3 is 2.89 bits per heavy atom. The maximum Gasteiger partial charge on any atom is 0.404 e. The number of amides is 1. The summed E-state index contributed by atoms with van der Waals surface area (Å²) in [6.45, 7) is 2.62. The molecule has 1 amide bonds. The van der Waals surface area contributed by atoms with Gasteiger partial charge in [-0.1, -0.05) is 6.07 Å². The van der Waals surface area contributed by atoms with E-state index in [1.54, 1.807) is 0 Å². The molecule has 1 aromatic carbocycles. The quantitative estimate of drug-likeness (QED) is 0.458. The number of fused-ring (bicyclic) bond motifs is 1. The lowest BCUT2D eigenvalue weighted by atomic mass is 9.99. The molecule has 0 aliphatic carbocycles. The molecule has 7 N–H and O–H groups in total. The maximum atomic E-state index is 11.0. The van der Waals surface area contributed by atoms with Crippen molar-refractivity contribution in [3.8, 4) is 11.3 Å². The highest BCUT2D eigenvalue weighted by Crippen LogP contribution is 2.29. The Labute approximate surface area is 161 Å². The third kappa shape index (κ3) is 3.36. The van der Waals surface area contributed by atoms with Crippen LogP contribution in [0.5, 0.6) is 0 Å². The molecular weight excluding hydrogens is 360 g/mol. The molecule has 3 heterocycles. The lowest BCUT2D eigenvalue weighted by Crippen LogP contribution is -2.51. The SMILES string of the molecule is CC1CCC(NC(=O)O)CN1c1cc(-c2ccc3c(N)n[nH]c3c2)nc(N)n1. The van der Waals surface area contributed by atoms with E-state index in [9.17, 15) is 4.79 Å². The van der Waals surface area contributed by atoms with Crippen LogP contribution in [0, 0.1) is 0 Å². The predicted molar refractivity (Wildman–Crippen MR) is 107 cm³/mol. The van der Waals surface area contributed by atoms with Crippen LogP contribution in [0.3, 0.4) is 0 Å². The third-order valence-corrected chi connectivity index (χ3v) is 5.12. The molecule has 2 atom stereocenters. The number of rotatable bonds is 3. The van der Waals surface area contributed by atoms with Crippen molar-refractivity contribution in [3.05, 3.63) is 24.3 Å². The number of H-pyrrole nitrogens is 1. The van der Waals surface area contributed by atoms with Crippen LogP contribution in [0.25, 0.3) is 22.2 Å². The molecule has 1 aliphatic heterocycles. The second kappa shape index (κ2) is 6.87. The standard InChI is InChI=1S/C18H22N8O2/c1-9-2-4-11(21-18(27)28)8-26(9)15-7-13(22-17(20)23-15)10-3-5-12-14(6-10)24-25-16(12)19/h3,5-7,9,11,21H,2,4,8H2,1H3,(H,27,28)(H3,19,24,25)(H2,20,22,23). The molecule has 0 saturated carbocycles. The molecule has 2 aromatic heterocycles. The number of nitrogen functional groups attached to an aromatic ring is 2. The van der Waals surface area contributed by atoms with E-state index in [0.29, 0.717) is 23.9 Å². The number of carbonyl (C=O) groups is 1. The van der Waals surface area contributed by atoms with Crippen molar-refractivity contribution in [2.45, 2.75) is 31.8 Å². The smallest absolute Gasteiger partial charge is 0.404 e. The van der Waals surface area contributed by atoms with Crippen molar-refractivity contribution >= 4 is 34.6 Å². The van der Waals surface area contributed by atoms with E-state index in [2.05, 4.69) is 37.3 Å². The van der Waals surface area contributed by atoms with Gasteiger partial charge < -0.3 is 26.8 Å². The lowest BCUT2D eigenvalue weighted by Gasteiger charge is -2.38. The number of nitrogens with two attached hydrogens (primary N) is 2. The number of carboxylic acid groups (broad SMARTS) is 1. The van der Waals surface area contributed by atoms with Gasteiger partial charge in [-0.15, -0.1) is 0 Å². The number of nitrogens with zero attached hydrogens (tertiary/aromatic N) is 4. The van der Waals surface area contributed by atoms with Gasteiger partial charge in [0, 0.05) is 35.6 Å². The summed E-state index contributed by atoms with van der Waals surface area (Å²) in [5.41, 5.74) is 14.2. The van der Waals surface area contributed by atoms with Crippen LogP contribution in [0.1, 0.15) is 19.8 Å². The van der Waals surface area contributed by atoms with Crippen LogP contribution < -0.4 is 21.7 Å². The Bertz CT molecular complexity index is 1030. The summed E-state index contributed by atoms with van der Waals surface area (Å²) < 4.78 is 0. The molecule has 1 saturated heterocycles. The number of aromatic amines is 1. The molecule has 10 heteroatoms. The van der Waals surface area contributed by atoms with E-state index in [4.69, 9.17) is 16.6 Å². The minimum atomic E-state index is -1.02. The molecule has 146 valence electrons. The van der Waals surface area contributed by atoms with E-state index in [1.165, 1.54) is 0 Å². The summed E-state index contributed by atoms with van der Waals surface area (Å²) >= 11 is 0. The zero-order valence-corrected chi connectivity index (χ0v) is 15.4. The first-order valence-electron chi connectivity index (χ1n) is 9.05. The molecule has 28 heavy (non-hydrogen) atoms. The van der Waals surface area contributed by atoms with Gasteiger partial charge >= 0.3 is 6.09 Å². The molecule has 0 spiro atoms. The number of hydrogen-bond donors (Lipinski definition) is 5. The van der Waals surface area contributed by atoms with E-state index < -0.39 is 6.09 Å². The summed E-state index contributed by atoms with van der Waals surface area (Å²) in [5.74, 6) is 1.29. The van der Waals surface area contributed by atoms with Crippen LogP contribution in [0.4, 0.5) is 22.4 Å². The molecule has 1 fully saturated rings. The number of aromatic nitrogens is 4. The summed E-state index contributed by atoms with van der Waals surface area (Å²) in [6.07, 6.45) is 0.619. The fraction of sp³-hybridized carbons (Fsp3) is 0.333. The summed E-state index contributed by atoms with van der Waals surface area (Å²) in [5, 5.41) is 19.3. The van der Waals surface area contributed by atoms with Gasteiger partial charge in [-0.25, -0.2) is 9.78 Å². The summed E-state index contributed by atoms with van der Waals surface area (Å²) in [6, 6.07) is 7.64. The Hall–Kier alpha value is -3.56.